The molecule has 0 unspecified atom stereocenters. The lowest BCUT2D eigenvalue weighted by Crippen LogP contribution is -2.57. The molecule has 0 N–H and O–H groups in total. The third-order valence-electron chi connectivity index (χ3n) is 7.80. The number of esters is 1. The van der Waals surface area contributed by atoms with Crippen LogP contribution in [0.5, 0.6) is 11.5 Å². The Kier molecular flexibility index (Phi) is 4.44. The van der Waals surface area contributed by atoms with Crippen LogP contribution in [0.2, 0.25) is 0 Å². The molecule has 1 aliphatic heterocycles. The molecule has 0 amide bonds. The maximum Gasteiger partial charge on any atom is 0.308 e. The second kappa shape index (κ2) is 6.37. The zero-order chi connectivity index (χ0) is 20.4. The highest BCUT2D eigenvalue weighted by atomic mass is 16.5. The van der Waals surface area contributed by atoms with E-state index in [-0.39, 0.29) is 28.8 Å². The van der Waals surface area contributed by atoms with Crippen molar-refractivity contribution in [1.29, 1.82) is 0 Å². The van der Waals surface area contributed by atoms with Crippen molar-refractivity contribution in [2.24, 2.45) is 17.3 Å². The Bertz CT molecular complexity index is 832. The molecule has 4 atom stereocenters. The number of carbonyl (C=O) groups is 1. The van der Waals surface area contributed by atoms with E-state index in [1.54, 1.807) is 0 Å². The molecule has 0 spiro atoms. The molecule has 3 nitrogen and oxygen atoms in total. The average molecular weight is 383 g/mol. The number of hydrogen-bond donors (Lipinski definition) is 0. The molecule has 1 heterocycles. The van der Waals surface area contributed by atoms with E-state index in [0.717, 1.165) is 17.7 Å². The van der Waals surface area contributed by atoms with Gasteiger partial charge in [-0.15, -0.1) is 0 Å². The van der Waals surface area contributed by atoms with Gasteiger partial charge in [-0.05, 0) is 58.8 Å². The summed E-state index contributed by atoms with van der Waals surface area (Å²) in [5.41, 5.74) is 3.74. The van der Waals surface area contributed by atoms with E-state index in [1.165, 1.54) is 37.3 Å². The molecule has 3 aliphatic carbocycles. The van der Waals surface area contributed by atoms with Gasteiger partial charge in [0.1, 0.15) is 17.6 Å². The predicted octanol–water partition coefficient (Wildman–Crippen LogP) is 6.16. The zero-order valence-corrected chi connectivity index (χ0v) is 18.2. The number of carbonyl (C=O) groups excluding carboxylic acids is 1. The smallest absolute Gasteiger partial charge is 0.308 e. The molecule has 1 aromatic rings. The quantitative estimate of drug-likeness (QED) is 0.348. The van der Waals surface area contributed by atoms with Gasteiger partial charge in [-0.1, -0.05) is 54.0 Å². The van der Waals surface area contributed by atoms with Crippen LogP contribution in [-0.2, 0) is 10.2 Å². The van der Waals surface area contributed by atoms with E-state index < -0.39 is 0 Å². The van der Waals surface area contributed by atoms with Crippen molar-refractivity contribution >= 4 is 5.97 Å². The summed E-state index contributed by atoms with van der Waals surface area (Å²) in [4.78, 5) is 11.9. The number of rotatable bonds is 5. The molecule has 2 bridgehead atoms. The summed E-state index contributed by atoms with van der Waals surface area (Å²) in [5, 5.41) is 0. The molecule has 3 heteroatoms. The molecule has 5 rings (SSSR count). The number of fused-ring (bicyclic) bond motifs is 1. The van der Waals surface area contributed by atoms with E-state index in [1.807, 2.05) is 0 Å². The topological polar surface area (TPSA) is 35.5 Å². The first kappa shape index (κ1) is 19.5. The van der Waals surface area contributed by atoms with Crippen molar-refractivity contribution in [3.63, 3.8) is 0 Å². The minimum absolute atomic E-state index is 0.00938. The number of hydrogen-bond acceptors (Lipinski definition) is 3. The highest BCUT2D eigenvalue weighted by Crippen LogP contribution is 2.69. The van der Waals surface area contributed by atoms with Gasteiger partial charge < -0.3 is 9.47 Å². The fourth-order valence-electron chi connectivity index (χ4n) is 5.90. The van der Waals surface area contributed by atoms with Crippen molar-refractivity contribution in [1.82, 2.24) is 0 Å². The highest BCUT2D eigenvalue weighted by Gasteiger charge is 2.63. The fourth-order valence-corrected chi connectivity index (χ4v) is 5.90. The van der Waals surface area contributed by atoms with Gasteiger partial charge in [0.2, 0.25) is 0 Å². The summed E-state index contributed by atoms with van der Waals surface area (Å²) >= 11 is 0. The third kappa shape index (κ3) is 2.73. The van der Waals surface area contributed by atoms with Crippen LogP contribution in [0.4, 0.5) is 0 Å². The molecule has 0 aromatic heterocycles. The summed E-state index contributed by atoms with van der Waals surface area (Å²) in [5.74, 6) is 2.65. The van der Waals surface area contributed by atoms with E-state index in [2.05, 4.69) is 53.3 Å². The Morgan fingerprint density at radius 3 is 2.68 bits per heavy atom. The lowest BCUT2D eigenvalue weighted by atomic mass is 9.43. The van der Waals surface area contributed by atoms with Crippen LogP contribution in [0.15, 0.2) is 24.3 Å². The van der Waals surface area contributed by atoms with Crippen molar-refractivity contribution < 1.29 is 14.3 Å². The number of unbranched alkanes of at least 4 members (excludes halogenated alkanes) is 1. The Morgan fingerprint density at radius 2 is 2.07 bits per heavy atom. The van der Waals surface area contributed by atoms with Crippen LogP contribution in [0.3, 0.4) is 0 Å². The molecular weight excluding hydrogens is 348 g/mol. The van der Waals surface area contributed by atoms with Gasteiger partial charge in [0.05, 0.1) is 0 Å². The van der Waals surface area contributed by atoms with Gasteiger partial charge in [-0.3, -0.25) is 4.79 Å². The first-order valence-electron chi connectivity index (χ1n) is 10.8. The lowest BCUT2D eigenvalue weighted by Gasteiger charge is -2.61. The fraction of sp³-hybridized carbons (Fsp3) is 0.640. The van der Waals surface area contributed by atoms with E-state index in [4.69, 9.17) is 9.47 Å². The maximum atomic E-state index is 11.9. The lowest BCUT2D eigenvalue weighted by molar-refractivity contribution is -0.132. The summed E-state index contributed by atoms with van der Waals surface area (Å²) in [6, 6.07) is 4.30. The normalized spacial score (nSPS) is 29.4. The van der Waals surface area contributed by atoms with E-state index in [0.29, 0.717) is 17.6 Å². The zero-order valence-electron chi connectivity index (χ0n) is 18.2. The van der Waals surface area contributed by atoms with Crippen LogP contribution < -0.4 is 9.47 Å². The average Bonchev–Trinajstić information content (AvgIpc) is 2.99. The molecule has 28 heavy (non-hydrogen) atoms. The third-order valence-corrected chi connectivity index (χ3v) is 7.80. The monoisotopic (exact) mass is 382 g/mol. The van der Waals surface area contributed by atoms with E-state index in [9.17, 15) is 4.79 Å². The SMILES string of the molecule is C=C1[C@@H]2Oc3cc(C(C)(C)CCCC)cc(OC(C)=O)c3[C@@H]2[C@H]2C[C@@H]1C2(C)C. The minimum Gasteiger partial charge on any atom is -0.485 e. The van der Waals surface area contributed by atoms with Gasteiger partial charge in [-0.25, -0.2) is 0 Å². The van der Waals surface area contributed by atoms with E-state index >= 15 is 0 Å². The molecule has 1 aromatic carbocycles. The summed E-state index contributed by atoms with van der Waals surface area (Å²) in [7, 11) is 0. The molecule has 4 aliphatic rings. The summed E-state index contributed by atoms with van der Waals surface area (Å²) in [6.45, 7) is 17.4. The Balaban J connectivity index is 1.80. The Labute approximate surface area is 169 Å². The van der Waals surface area contributed by atoms with Crippen molar-refractivity contribution in [2.45, 2.75) is 84.7 Å². The van der Waals surface area contributed by atoms with Crippen LogP contribution in [0.1, 0.15) is 84.3 Å². The van der Waals surface area contributed by atoms with Crippen LogP contribution in [0.25, 0.3) is 0 Å². The van der Waals surface area contributed by atoms with Crippen LogP contribution >= 0.6 is 0 Å². The Morgan fingerprint density at radius 1 is 1.36 bits per heavy atom. The van der Waals surface area contributed by atoms with Gasteiger partial charge in [-0.2, -0.15) is 0 Å². The predicted molar refractivity (Wildman–Crippen MR) is 112 cm³/mol. The number of ether oxygens (including phenoxy) is 2. The van der Waals surface area contributed by atoms with Crippen LogP contribution in [-0.4, -0.2) is 12.1 Å². The molecule has 0 radical (unpaired) electrons. The molecule has 152 valence electrons. The molecule has 3 fully saturated rings. The summed E-state index contributed by atoms with van der Waals surface area (Å²) in [6.07, 6.45) is 4.63. The summed E-state index contributed by atoms with van der Waals surface area (Å²) < 4.78 is 12.3. The standard InChI is InChI=1S/C25H34O3/c1-8-9-10-24(4,5)16-11-19(27-15(3)26)22-20(12-16)28-23-14(2)17-13-18(21(22)23)25(17,6)7/h11-12,17-18,21,23H,2,8-10,13H2,1,3-7H3/t17-,18+,21-,23-/m0/s1. The van der Waals surface area contributed by atoms with Gasteiger partial charge in [0.25, 0.3) is 0 Å². The van der Waals surface area contributed by atoms with Gasteiger partial charge >= 0.3 is 5.97 Å². The largest absolute Gasteiger partial charge is 0.485 e. The molecule has 0 saturated heterocycles. The van der Waals surface area contributed by atoms with Crippen molar-refractivity contribution in [3.8, 4) is 11.5 Å². The van der Waals surface area contributed by atoms with Gasteiger partial charge in [0.15, 0.2) is 0 Å². The second-order valence-electron chi connectivity index (χ2n) is 10.3. The van der Waals surface area contributed by atoms with Crippen molar-refractivity contribution in [2.75, 3.05) is 0 Å². The molecule has 3 saturated carbocycles. The van der Waals surface area contributed by atoms with Gasteiger partial charge in [0, 0.05) is 18.4 Å². The first-order chi connectivity index (χ1) is 13.1. The number of benzene rings is 1. The van der Waals surface area contributed by atoms with Crippen molar-refractivity contribution in [3.05, 3.63) is 35.4 Å². The first-order valence-corrected chi connectivity index (χ1v) is 10.8. The maximum absolute atomic E-state index is 11.9. The molecular formula is C25H34O3. The highest BCUT2D eigenvalue weighted by molar-refractivity contribution is 5.71. The minimum atomic E-state index is -0.269. The Hall–Kier alpha value is -1.77. The van der Waals surface area contributed by atoms with Crippen LogP contribution in [0, 0.1) is 17.3 Å². The second-order valence-corrected chi connectivity index (χ2v) is 10.3.